The maximum Gasteiger partial charge on any atom is 0.230 e. The molecule has 4 N–H and O–H groups in total. The molecule has 0 aliphatic heterocycles. The number of aliphatic hydroxyl groups is 1. The molecule has 23 heavy (non-hydrogen) atoms. The molecule has 0 aromatic heterocycles. The zero-order valence-corrected chi connectivity index (χ0v) is 13.4. The lowest BCUT2D eigenvalue weighted by atomic mass is 10.2. The summed E-state index contributed by atoms with van der Waals surface area (Å²) in [7, 11) is 2.96. The van der Waals surface area contributed by atoms with E-state index in [-0.39, 0.29) is 13.0 Å². The van der Waals surface area contributed by atoms with Gasteiger partial charge < -0.3 is 35.1 Å². The van der Waals surface area contributed by atoms with Crippen LogP contribution in [0, 0.1) is 0 Å². The molecule has 8 heteroatoms. The third-order valence-corrected chi connectivity index (χ3v) is 3.15. The Kier molecular flexibility index (Phi) is 7.30. The number of methoxy groups -OCH3 is 2. The van der Waals surface area contributed by atoms with Crippen molar-refractivity contribution < 1.29 is 34.6 Å². The number of hydrogen-bond acceptors (Lipinski definition) is 6. The van der Waals surface area contributed by atoms with Crippen LogP contribution in [0.15, 0.2) is 18.2 Å². The minimum Gasteiger partial charge on any atom is -0.544 e. The molecule has 0 spiro atoms. The van der Waals surface area contributed by atoms with E-state index in [1.165, 1.54) is 26.5 Å². The lowest BCUT2D eigenvalue weighted by Crippen LogP contribution is -2.94. The van der Waals surface area contributed by atoms with Gasteiger partial charge in [0, 0.05) is 6.07 Å². The second-order valence-corrected chi connectivity index (χ2v) is 5.06. The number of rotatable bonds is 9. The van der Waals surface area contributed by atoms with Gasteiger partial charge in [-0.05, 0) is 19.1 Å². The summed E-state index contributed by atoms with van der Waals surface area (Å²) < 4.78 is 10.2. The molecule has 0 unspecified atom stereocenters. The molecule has 2 atom stereocenters. The van der Waals surface area contributed by atoms with Gasteiger partial charge in [-0.2, -0.15) is 0 Å². The first-order valence-electron chi connectivity index (χ1n) is 7.11. The number of aliphatic hydroxyl groups excluding tert-OH is 1. The van der Waals surface area contributed by atoms with Crippen LogP contribution in [0.1, 0.15) is 13.3 Å². The van der Waals surface area contributed by atoms with E-state index in [9.17, 15) is 19.8 Å². The highest BCUT2D eigenvalue weighted by atomic mass is 16.5. The zero-order chi connectivity index (χ0) is 17.4. The minimum absolute atomic E-state index is 0.164. The molecule has 0 radical (unpaired) electrons. The number of hydrogen-bond donors (Lipinski definition) is 3. The predicted octanol–water partition coefficient (Wildman–Crippen LogP) is -1.90. The largest absolute Gasteiger partial charge is 0.544 e. The van der Waals surface area contributed by atoms with Crippen LogP contribution in [0.4, 0.5) is 5.69 Å². The highest BCUT2D eigenvalue weighted by Gasteiger charge is 2.20. The Labute approximate surface area is 134 Å². The molecule has 128 valence electrons. The fraction of sp³-hybridized carbons (Fsp3) is 0.467. The number of benzene rings is 1. The summed E-state index contributed by atoms with van der Waals surface area (Å²) in [5.41, 5.74) is 0.408. The number of anilines is 1. The number of carboxylic acids is 1. The molecule has 1 aromatic carbocycles. The predicted molar refractivity (Wildman–Crippen MR) is 80.1 cm³/mol. The third kappa shape index (κ3) is 6.13. The van der Waals surface area contributed by atoms with Gasteiger partial charge in [-0.15, -0.1) is 0 Å². The van der Waals surface area contributed by atoms with Gasteiger partial charge in [0.2, 0.25) is 5.91 Å². The number of nitrogens with two attached hydrogens (primary N) is 1. The van der Waals surface area contributed by atoms with Crippen molar-refractivity contribution in [2.75, 3.05) is 26.1 Å². The summed E-state index contributed by atoms with van der Waals surface area (Å²) in [5, 5.41) is 24.2. The SMILES string of the molecule is COc1ccc(NC(=O)C[C@@H]([NH2+]C[C@H](C)O)C(=O)[O-])c(OC)c1. The molecule has 0 aliphatic carbocycles. The molecular formula is C15H22N2O6. The Morgan fingerprint density at radius 3 is 2.57 bits per heavy atom. The van der Waals surface area contributed by atoms with Crippen LogP contribution < -0.4 is 25.2 Å². The van der Waals surface area contributed by atoms with Crippen molar-refractivity contribution in [2.45, 2.75) is 25.5 Å². The molecule has 0 saturated carbocycles. The molecule has 1 amide bonds. The standard InChI is InChI=1S/C15H22N2O6/c1-9(18)8-16-12(15(20)21)7-14(19)17-11-5-4-10(22-2)6-13(11)23-3/h4-6,9,12,16,18H,7-8H2,1-3H3,(H,17,19)(H,20,21)/t9-,12+/m0/s1. The maximum absolute atomic E-state index is 12.0. The first-order chi connectivity index (χ1) is 10.9. The Morgan fingerprint density at radius 2 is 2.04 bits per heavy atom. The summed E-state index contributed by atoms with van der Waals surface area (Å²) in [5.74, 6) is -0.889. The Hall–Kier alpha value is -2.32. The Bertz CT molecular complexity index is 547. The molecule has 0 fully saturated rings. The van der Waals surface area contributed by atoms with Gasteiger partial charge in [0.15, 0.2) is 0 Å². The van der Waals surface area contributed by atoms with E-state index in [4.69, 9.17) is 9.47 Å². The van der Waals surface area contributed by atoms with Crippen molar-refractivity contribution in [1.29, 1.82) is 0 Å². The van der Waals surface area contributed by atoms with Crippen molar-refractivity contribution in [3.63, 3.8) is 0 Å². The van der Waals surface area contributed by atoms with Crippen molar-refractivity contribution in [2.24, 2.45) is 0 Å². The summed E-state index contributed by atoms with van der Waals surface area (Å²) in [6, 6.07) is 3.77. The van der Waals surface area contributed by atoms with Crippen molar-refractivity contribution >= 4 is 17.6 Å². The second-order valence-electron chi connectivity index (χ2n) is 5.06. The van der Waals surface area contributed by atoms with Crippen LogP contribution in [0.25, 0.3) is 0 Å². The molecule has 0 saturated heterocycles. The molecule has 8 nitrogen and oxygen atoms in total. The van der Waals surface area contributed by atoms with Crippen LogP contribution in [0.3, 0.4) is 0 Å². The highest BCUT2D eigenvalue weighted by Crippen LogP contribution is 2.29. The van der Waals surface area contributed by atoms with E-state index in [2.05, 4.69) is 5.32 Å². The van der Waals surface area contributed by atoms with Crippen LogP contribution in [0.5, 0.6) is 11.5 Å². The minimum atomic E-state index is -1.36. The van der Waals surface area contributed by atoms with E-state index in [1.54, 1.807) is 18.2 Å². The molecule has 1 rings (SSSR count). The Morgan fingerprint density at radius 1 is 1.35 bits per heavy atom. The highest BCUT2D eigenvalue weighted by molar-refractivity contribution is 5.94. The number of nitrogens with one attached hydrogen (secondary N) is 1. The molecular weight excluding hydrogens is 304 g/mol. The van der Waals surface area contributed by atoms with E-state index in [1.807, 2.05) is 0 Å². The lowest BCUT2D eigenvalue weighted by Gasteiger charge is -2.18. The van der Waals surface area contributed by atoms with E-state index >= 15 is 0 Å². The van der Waals surface area contributed by atoms with Crippen LogP contribution in [0.2, 0.25) is 0 Å². The first kappa shape index (κ1) is 18.7. The van der Waals surface area contributed by atoms with Crippen molar-refractivity contribution in [3.8, 4) is 11.5 Å². The number of carboxylic acid groups (broad SMARTS) is 1. The molecule has 0 aliphatic rings. The van der Waals surface area contributed by atoms with Crippen molar-refractivity contribution in [3.05, 3.63) is 18.2 Å². The van der Waals surface area contributed by atoms with Crippen LogP contribution in [-0.2, 0) is 9.59 Å². The van der Waals surface area contributed by atoms with E-state index in [0.29, 0.717) is 17.2 Å². The van der Waals surface area contributed by atoms with Crippen molar-refractivity contribution in [1.82, 2.24) is 0 Å². The number of amides is 1. The Balaban J connectivity index is 2.72. The average molecular weight is 326 g/mol. The third-order valence-electron chi connectivity index (χ3n) is 3.15. The zero-order valence-electron chi connectivity index (χ0n) is 13.4. The molecule has 1 aromatic rings. The molecule has 0 heterocycles. The van der Waals surface area contributed by atoms with Gasteiger partial charge in [0.05, 0.1) is 38.4 Å². The summed E-state index contributed by atoms with van der Waals surface area (Å²) >= 11 is 0. The number of carbonyl (C=O) groups excluding carboxylic acids is 2. The second kappa shape index (κ2) is 8.96. The average Bonchev–Trinajstić information content (AvgIpc) is 2.51. The number of ether oxygens (including phenoxy) is 2. The van der Waals surface area contributed by atoms with E-state index < -0.39 is 24.0 Å². The lowest BCUT2D eigenvalue weighted by molar-refractivity contribution is -0.687. The summed E-state index contributed by atoms with van der Waals surface area (Å²) in [6.45, 7) is 1.70. The van der Waals surface area contributed by atoms with Crippen LogP contribution >= 0.6 is 0 Å². The number of carbonyl (C=O) groups is 2. The smallest absolute Gasteiger partial charge is 0.230 e. The number of aliphatic carboxylic acids is 1. The normalized spacial score (nSPS) is 13.0. The topological polar surface area (TPSA) is 125 Å². The first-order valence-corrected chi connectivity index (χ1v) is 7.11. The van der Waals surface area contributed by atoms with Gasteiger partial charge in [-0.25, -0.2) is 0 Å². The number of quaternary nitrogens is 1. The molecule has 0 bridgehead atoms. The van der Waals surface area contributed by atoms with Gasteiger partial charge in [-0.1, -0.05) is 0 Å². The summed E-state index contributed by atoms with van der Waals surface area (Å²) in [6.07, 6.45) is -0.967. The van der Waals surface area contributed by atoms with Gasteiger partial charge in [0.25, 0.3) is 0 Å². The van der Waals surface area contributed by atoms with Gasteiger partial charge in [-0.3, -0.25) is 4.79 Å². The monoisotopic (exact) mass is 326 g/mol. The summed E-state index contributed by atoms with van der Waals surface area (Å²) in [4.78, 5) is 23.1. The van der Waals surface area contributed by atoms with Gasteiger partial charge in [0.1, 0.15) is 24.1 Å². The maximum atomic E-state index is 12.0. The fourth-order valence-electron chi connectivity index (χ4n) is 1.93. The quantitative estimate of drug-likeness (QED) is 0.487. The van der Waals surface area contributed by atoms with E-state index in [0.717, 1.165) is 0 Å². The van der Waals surface area contributed by atoms with Crippen LogP contribution in [-0.4, -0.2) is 49.9 Å². The fourth-order valence-corrected chi connectivity index (χ4v) is 1.93. The van der Waals surface area contributed by atoms with Gasteiger partial charge >= 0.3 is 0 Å².